The van der Waals surface area contributed by atoms with E-state index in [9.17, 15) is 18.0 Å². The second kappa shape index (κ2) is 5.99. The Kier molecular flexibility index (Phi) is 4.31. The van der Waals surface area contributed by atoms with Gasteiger partial charge in [0.15, 0.2) is 0 Å². The lowest BCUT2D eigenvalue weighted by Gasteiger charge is -2.14. The van der Waals surface area contributed by atoms with Gasteiger partial charge in [0.25, 0.3) is 5.91 Å². The summed E-state index contributed by atoms with van der Waals surface area (Å²) in [5.41, 5.74) is 0.0877. The molecule has 2 aromatic rings. The van der Waals surface area contributed by atoms with E-state index in [0.717, 1.165) is 11.6 Å². The van der Waals surface area contributed by atoms with Gasteiger partial charge in [0.1, 0.15) is 0 Å². The summed E-state index contributed by atoms with van der Waals surface area (Å²) in [4.78, 5) is 12.1. The summed E-state index contributed by atoms with van der Waals surface area (Å²) in [6.45, 7) is 1.91. The van der Waals surface area contributed by atoms with Gasteiger partial charge in [-0.25, -0.2) is 0 Å². The molecule has 0 fully saturated rings. The molecular formula is C16H14F3NO. The van der Waals surface area contributed by atoms with Crippen molar-refractivity contribution in [3.63, 3.8) is 0 Å². The van der Waals surface area contributed by atoms with E-state index in [1.54, 1.807) is 12.1 Å². The monoisotopic (exact) mass is 293 g/mol. The Morgan fingerprint density at radius 2 is 1.67 bits per heavy atom. The van der Waals surface area contributed by atoms with Gasteiger partial charge < -0.3 is 5.32 Å². The Morgan fingerprint density at radius 1 is 1.05 bits per heavy atom. The first-order valence-corrected chi connectivity index (χ1v) is 6.49. The fraction of sp³-hybridized carbons (Fsp3) is 0.188. The molecule has 2 nitrogen and oxygen atoms in total. The van der Waals surface area contributed by atoms with Crippen LogP contribution >= 0.6 is 0 Å². The van der Waals surface area contributed by atoms with Crippen LogP contribution in [0.25, 0.3) is 0 Å². The molecule has 0 aliphatic rings. The molecule has 0 heterocycles. The molecular weight excluding hydrogens is 279 g/mol. The van der Waals surface area contributed by atoms with Crippen LogP contribution in [-0.4, -0.2) is 5.91 Å². The minimum Gasteiger partial charge on any atom is -0.322 e. The van der Waals surface area contributed by atoms with Gasteiger partial charge in [-0.3, -0.25) is 4.79 Å². The molecule has 1 N–H and O–H groups in total. The molecule has 2 aromatic carbocycles. The summed E-state index contributed by atoms with van der Waals surface area (Å²) in [6.07, 6.45) is -3.88. The lowest BCUT2D eigenvalue weighted by Crippen LogP contribution is -2.19. The Morgan fingerprint density at radius 3 is 2.33 bits per heavy atom. The summed E-state index contributed by atoms with van der Waals surface area (Å²) >= 11 is 0. The Hall–Kier alpha value is -2.30. The van der Waals surface area contributed by atoms with Crippen molar-refractivity contribution in [2.24, 2.45) is 0 Å². The van der Waals surface area contributed by atoms with E-state index in [4.69, 9.17) is 0 Å². The molecule has 2 rings (SSSR count). The van der Waals surface area contributed by atoms with E-state index in [1.807, 2.05) is 19.1 Å². The van der Waals surface area contributed by atoms with Gasteiger partial charge in [-0.1, -0.05) is 37.3 Å². The third kappa shape index (κ3) is 3.42. The summed E-state index contributed by atoms with van der Waals surface area (Å²) in [5, 5.41) is 2.55. The molecule has 1 amide bonds. The number of alkyl halides is 3. The first-order chi connectivity index (χ1) is 9.93. The van der Waals surface area contributed by atoms with E-state index in [-0.39, 0.29) is 5.56 Å². The molecule has 110 valence electrons. The quantitative estimate of drug-likeness (QED) is 0.885. The van der Waals surface area contributed by atoms with Crippen molar-refractivity contribution < 1.29 is 18.0 Å². The second-order valence-electron chi connectivity index (χ2n) is 4.51. The first-order valence-electron chi connectivity index (χ1n) is 6.49. The number of halogens is 3. The highest BCUT2D eigenvalue weighted by Crippen LogP contribution is 2.32. The van der Waals surface area contributed by atoms with Gasteiger partial charge in [0, 0.05) is 5.69 Å². The standard InChI is InChI=1S/C16H14F3NO/c1-2-11-7-3-6-10-14(11)20-15(21)12-8-4-5-9-13(12)16(17,18)19/h3-10H,2H2,1H3,(H,20,21). The van der Waals surface area contributed by atoms with E-state index < -0.39 is 17.6 Å². The number of rotatable bonds is 3. The SMILES string of the molecule is CCc1ccccc1NC(=O)c1ccccc1C(F)(F)F. The van der Waals surface area contributed by atoms with Crippen molar-refractivity contribution in [2.75, 3.05) is 5.32 Å². The number of amides is 1. The maximum atomic E-state index is 12.9. The van der Waals surface area contributed by atoms with E-state index >= 15 is 0 Å². The summed E-state index contributed by atoms with van der Waals surface area (Å²) < 4.78 is 38.7. The van der Waals surface area contributed by atoms with Crippen LogP contribution in [-0.2, 0) is 12.6 Å². The van der Waals surface area contributed by atoms with E-state index in [1.165, 1.54) is 18.2 Å². The fourth-order valence-electron chi connectivity index (χ4n) is 2.07. The number of carbonyl (C=O) groups excluding carboxylic acids is 1. The van der Waals surface area contributed by atoms with Crippen LogP contribution < -0.4 is 5.32 Å². The molecule has 0 spiro atoms. The van der Waals surface area contributed by atoms with Crippen LogP contribution in [0.3, 0.4) is 0 Å². The van der Waals surface area contributed by atoms with Crippen LogP contribution in [0.2, 0.25) is 0 Å². The van der Waals surface area contributed by atoms with E-state index in [0.29, 0.717) is 12.1 Å². The van der Waals surface area contributed by atoms with Gasteiger partial charge >= 0.3 is 6.18 Å². The minimum absolute atomic E-state index is 0.379. The first kappa shape index (κ1) is 15.1. The number of aryl methyl sites for hydroxylation is 1. The Bertz CT molecular complexity index is 650. The smallest absolute Gasteiger partial charge is 0.322 e. The highest BCUT2D eigenvalue weighted by Gasteiger charge is 2.34. The van der Waals surface area contributed by atoms with Crippen molar-refractivity contribution in [2.45, 2.75) is 19.5 Å². The number of para-hydroxylation sites is 1. The summed E-state index contributed by atoms with van der Waals surface area (Å²) in [7, 11) is 0. The zero-order valence-corrected chi connectivity index (χ0v) is 11.4. The minimum atomic E-state index is -4.56. The normalized spacial score (nSPS) is 11.2. The number of carbonyl (C=O) groups is 1. The largest absolute Gasteiger partial charge is 0.417 e. The number of hydrogen-bond donors (Lipinski definition) is 1. The molecule has 0 saturated heterocycles. The van der Waals surface area contributed by atoms with Gasteiger partial charge in [0.2, 0.25) is 0 Å². The van der Waals surface area contributed by atoms with Gasteiger partial charge in [-0.05, 0) is 30.2 Å². The summed E-state index contributed by atoms with van der Waals surface area (Å²) in [5.74, 6) is -0.760. The number of nitrogens with one attached hydrogen (secondary N) is 1. The fourth-order valence-corrected chi connectivity index (χ4v) is 2.07. The maximum Gasteiger partial charge on any atom is 0.417 e. The third-order valence-corrected chi connectivity index (χ3v) is 3.12. The lowest BCUT2D eigenvalue weighted by atomic mass is 10.1. The molecule has 0 bridgehead atoms. The van der Waals surface area contributed by atoms with Crippen LogP contribution in [0.1, 0.15) is 28.4 Å². The van der Waals surface area contributed by atoms with Gasteiger partial charge in [-0.15, -0.1) is 0 Å². The Labute approximate surface area is 120 Å². The number of anilines is 1. The molecule has 0 saturated carbocycles. The topological polar surface area (TPSA) is 29.1 Å². The summed E-state index contributed by atoms with van der Waals surface area (Å²) in [6, 6.07) is 11.8. The third-order valence-electron chi connectivity index (χ3n) is 3.12. The zero-order chi connectivity index (χ0) is 15.5. The van der Waals surface area contributed by atoms with Crippen molar-refractivity contribution in [3.05, 3.63) is 65.2 Å². The average Bonchev–Trinajstić information content (AvgIpc) is 2.47. The molecule has 5 heteroatoms. The van der Waals surface area contributed by atoms with Crippen molar-refractivity contribution in [1.82, 2.24) is 0 Å². The predicted molar refractivity (Wildman–Crippen MR) is 75.2 cm³/mol. The van der Waals surface area contributed by atoms with Crippen molar-refractivity contribution in [3.8, 4) is 0 Å². The Balaban J connectivity index is 2.34. The molecule has 0 aromatic heterocycles. The molecule has 0 unspecified atom stereocenters. The van der Waals surface area contributed by atoms with Gasteiger partial charge in [0.05, 0.1) is 11.1 Å². The average molecular weight is 293 g/mol. The molecule has 0 radical (unpaired) electrons. The number of hydrogen-bond acceptors (Lipinski definition) is 1. The van der Waals surface area contributed by atoms with Gasteiger partial charge in [-0.2, -0.15) is 13.2 Å². The molecule has 21 heavy (non-hydrogen) atoms. The van der Waals surface area contributed by atoms with Crippen LogP contribution in [0.15, 0.2) is 48.5 Å². The van der Waals surface area contributed by atoms with Crippen LogP contribution in [0.4, 0.5) is 18.9 Å². The van der Waals surface area contributed by atoms with Crippen molar-refractivity contribution >= 4 is 11.6 Å². The highest BCUT2D eigenvalue weighted by molar-refractivity contribution is 6.05. The molecule has 0 aliphatic carbocycles. The van der Waals surface area contributed by atoms with Crippen molar-refractivity contribution in [1.29, 1.82) is 0 Å². The molecule has 0 aliphatic heterocycles. The predicted octanol–water partition coefficient (Wildman–Crippen LogP) is 4.52. The van der Waals surface area contributed by atoms with Crippen LogP contribution in [0, 0.1) is 0 Å². The molecule has 0 atom stereocenters. The second-order valence-corrected chi connectivity index (χ2v) is 4.51. The van der Waals surface area contributed by atoms with E-state index in [2.05, 4.69) is 5.32 Å². The van der Waals surface area contributed by atoms with Crippen LogP contribution in [0.5, 0.6) is 0 Å². The zero-order valence-electron chi connectivity index (χ0n) is 11.4. The maximum absolute atomic E-state index is 12.9. The lowest BCUT2D eigenvalue weighted by molar-refractivity contribution is -0.137. The highest BCUT2D eigenvalue weighted by atomic mass is 19.4. The number of benzene rings is 2.